The Balaban J connectivity index is 1.92. The van der Waals surface area contributed by atoms with Crippen LogP contribution in [-0.4, -0.2) is 33.1 Å². The average Bonchev–Trinajstić information content (AvgIpc) is 2.60. The van der Waals surface area contributed by atoms with Crippen molar-refractivity contribution in [2.45, 2.75) is 19.2 Å². The lowest BCUT2D eigenvalue weighted by molar-refractivity contribution is -0.137. The second kappa shape index (κ2) is 8.59. The van der Waals surface area contributed by atoms with Crippen LogP contribution in [0.15, 0.2) is 42.6 Å². The summed E-state index contributed by atoms with van der Waals surface area (Å²) in [5, 5.41) is 2.06. The number of rotatable bonds is 7. The van der Waals surface area contributed by atoms with Crippen molar-refractivity contribution in [3.05, 3.63) is 48.2 Å². The molecule has 2 aromatic rings. The Labute approximate surface area is 157 Å². The summed E-state index contributed by atoms with van der Waals surface area (Å²) in [4.78, 5) is 32.7. The van der Waals surface area contributed by atoms with E-state index in [4.69, 9.17) is 19.3 Å². The number of nitrogens with one attached hydrogen (secondary N) is 1. The third-order valence-corrected chi connectivity index (χ3v) is 3.82. The number of amides is 1. The number of halogens is 3. The maximum absolute atomic E-state index is 12.5. The molecule has 2 rings (SSSR count). The minimum atomic E-state index is -4.49. The van der Waals surface area contributed by atoms with Gasteiger partial charge in [-0.25, -0.2) is 4.98 Å². The summed E-state index contributed by atoms with van der Waals surface area (Å²) < 4.78 is 58.9. The molecule has 0 aliphatic rings. The highest BCUT2D eigenvalue weighted by Crippen LogP contribution is 2.32. The number of alkyl halides is 3. The first-order valence-electron chi connectivity index (χ1n) is 7.74. The fourth-order valence-corrected chi connectivity index (χ4v) is 2.26. The fraction of sp³-hybridized carbons (Fsp3) is 0.250. The van der Waals surface area contributed by atoms with Crippen molar-refractivity contribution in [1.82, 2.24) is 10.3 Å². The largest absolute Gasteiger partial charge is 0.481 e. The maximum Gasteiger partial charge on any atom is 0.417 e. The number of ether oxygens (including phenoxy) is 2. The molecule has 1 amide bonds. The van der Waals surface area contributed by atoms with Crippen LogP contribution in [-0.2, 0) is 15.5 Å². The molecule has 0 aliphatic heterocycles. The summed E-state index contributed by atoms with van der Waals surface area (Å²) in [6, 6.07) is 7.74. The van der Waals surface area contributed by atoms with Crippen molar-refractivity contribution >= 4 is 13.5 Å². The zero-order valence-electron chi connectivity index (χ0n) is 14.4. The minimum absolute atomic E-state index is 0.0353. The molecular weight excluding hydrogens is 404 g/mol. The van der Waals surface area contributed by atoms with E-state index in [0.29, 0.717) is 6.20 Å². The van der Waals surface area contributed by atoms with E-state index in [9.17, 15) is 22.5 Å². The average molecular weight is 420 g/mol. The standard InChI is InChI=1S/C16H16F3N2O6P/c1-10(15(22)21-9-28(23,24)25)26-12-3-5-13(6-4-12)27-14-7-2-11(8-20-14)16(17,18)19/h2-8,10H,9H2,1H3,(H,21,22)(H2,23,24,25). The number of pyridine rings is 1. The van der Waals surface area contributed by atoms with E-state index < -0.39 is 37.6 Å². The molecule has 0 fully saturated rings. The molecule has 0 spiro atoms. The molecule has 0 saturated carbocycles. The predicted octanol–water partition coefficient (Wildman–Crippen LogP) is 2.91. The molecule has 1 heterocycles. The first-order valence-corrected chi connectivity index (χ1v) is 9.54. The van der Waals surface area contributed by atoms with Gasteiger partial charge in [0.05, 0.1) is 5.56 Å². The van der Waals surface area contributed by atoms with Gasteiger partial charge in [0.15, 0.2) is 6.10 Å². The first kappa shape index (κ1) is 21.7. The lowest BCUT2D eigenvalue weighted by Crippen LogP contribution is -2.36. The van der Waals surface area contributed by atoms with Crippen molar-refractivity contribution in [1.29, 1.82) is 0 Å². The SMILES string of the molecule is CC(Oc1ccc(Oc2ccc(C(F)(F)F)cn2)cc1)C(=O)NCP(=O)(O)O. The molecule has 0 aliphatic carbocycles. The number of nitrogens with zero attached hydrogens (tertiary/aromatic N) is 1. The van der Waals surface area contributed by atoms with Crippen molar-refractivity contribution in [3.8, 4) is 17.4 Å². The predicted molar refractivity (Wildman–Crippen MR) is 90.9 cm³/mol. The number of aromatic nitrogens is 1. The van der Waals surface area contributed by atoms with Gasteiger partial charge in [-0.05, 0) is 37.3 Å². The van der Waals surface area contributed by atoms with Crippen LogP contribution in [0.1, 0.15) is 12.5 Å². The van der Waals surface area contributed by atoms with Gasteiger partial charge in [-0.2, -0.15) is 13.2 Å². The van der Waals surface area contributed by atoms with Crippen LogP contribution in [0.2, 0.25) is 0 Å². The quantitative estimate of drug-likeness (QED) is 0.590. The molecule has 1 atom stereocenters. The highest BCUT2D eigenvalue weighted by molar-refractivity contribution is 7.51. The highest BCUT2D eigenvalue weighted by Gasteiger charge is 2.30. The third-order valence-electron chi connectivity index (χ3n) is 3.25. The Hall–Kier alpha value is -2.62. The van der Waals surface area contributed by atoms with Crippen molar-refractivity contribution in [3.63, 3.8) is 0 Å². The van der Waals surface area contributed by atoms with Crippen molar-refractivity contribution in [2.24, 2.45) is 0 Å². The van der Waals surface area contributed by atoms with Crippen LogP contribution in [0.5, 0.6) is 17.4 Å². The zero-order chi connectivity index (χ0) is 20.9. The highest BCUT2D eigenvalue weighted by atomic mass is 31.2. The van der Waals surface area contributed by atoms with E-state index in [1.54, 1.807) is 0 Å². The summed E-state index contributed by atoms with van der Waals surface area (Å²) in [6.45, 7) is 1.39. The van der Waals surface area contributed by atoms with Gasteiger partial charge in [-0.15, -0.1) is 0 Å². The summed E-state index contributed by atoms with van der Waals surface area (Å²) in [5.41, 5.74) is -0.894. The van der Waals surface area contributed by atoms with E-state index in [1.165, 1.54) is 31.2 Å². The molecule has 1 unspecified atom stereocenters. The second-order valence-electron chi connectivity index (χ2n) is 5.58. The van der Waals surface area contributed by atoms with Gasteiger partial charge in [0.2, 0.25) is 5.88 Å². The van der Waals surface area contributed by atoms with Crippen LogP contribution in [0.4, 0.5) is 13.2 Å². The molecule has 3 N–H and O–H groups in total. The molecule has 1 aromatic heterocycles. The topological polar surface area (TPSA) is 118 Å². The Kier molecular flexibility index (Phi) is 6.65. The Morgan fingerprint density at radius 2 is 1.79 bits per heavy atom. The first-order chi connectivity index (χ1) is 12.9. The van der Waals surface area contributed by atoms with Crippen LogP contribution >= 0.6 is 7.60 Å². The summed E-state index contributed by atoms with van der Waals surface area (Å²) >= 11 is 0. The van der Waals surface area contributed by atoms with Crippen molar-refractivity contribution < 1.29 is 41.8 Å². The normalized spacial score (nSPS) is 12.9. The zero-order valence-corrected chi connectivity index (χ0v) is 15.3. The lowest BCUT2D eigenvalue weighted by Gasteiger charge is -2.15. The molecular formula is C16H16F3N2O6P. The molecule has 0 bridgehead atoms. The van der Waals surface area contributed by atoms with E-state index >= 15 is 0 Å². The van der Waals surface area contributed by atoms with Crippen molar-refractivity contribution in [2.75, 3.05) is 6.29 Å². The van der Waals surface area contributed by atoms with Gasteiger partial charge >= 0.3 is 13.8 Å². The minimum Gasteiger partial charge on any atom is -0.481 e. The molecule has 12 heteroatoms. The number of hydrogen-bond donors (Lipinski definition) is 3. The van der Waals surface area contributed by atoms with Crippen LogP contribution in [0, 0.1) is 0 Å². The van der Waals surface area contributed by atoms with Crippen LogP contribution in [0.25, 0.3) is 0 Å². The summed E-state index contributed by atoms with van der Waals surface area (Å²) in [6.07, 6.45) is -5.65. The Morgan fingerprint density at radius 1 is 1.18 bits per heavy atom. The molecule has 0 saturated heterocycles. The molecule has 1 aromatic carbocycles. The fourth-order valence-electron chi connectivity index (χ4n) is 1.90. The van der Waals surface area contributed by atoms with Gasteiger partial charge in [0, 0.05) is 12.3 Å². The molecule has 28 heavy (non-hydrogen) atoms. The van der Waals surface area contributed by atoms with Gasteiger partial charge in [0.25, 0.3) is 5.91 Å². The Morgan fingerprint density at radius 3 is 2.29 bits per heavy atom. The maximum atomic E-state index is 12.5. The summed E-state index contributed by atoms with van der Waals surface area (Å²) in [5.74, 6) is -0.200. The van der Waals surface area contributed by atoms with Gasteiger partial charge < -0.3 is 24.6 Å². The van der Waals surface area contributed by atoms with E-state index in [2.05, 4.69) is 10.3 Å². The molecule has 0 radical (unpaired) electrons. The van der Waals surface area contributed by atoms with Gasteiger partial charge in [0.1, 0.15) is 17.8 Å². The number of benzene rings is 1. The van der Waals surface area contributed by atoms with Gasteiger partial charge in [-0.1, -0.05) is 0 Å². The summed E-state index contributed by atoms with van der Waals surface area (Å²) in [7, 11) is -4.37. The van der Waals surface area contributed by atoms with Crippen LogP contribution < -0.4 is 14.8 Å². The third kappa shape index (κ3) is 6.84. The van der Waals surface area contributed by atoms with Crippen LogP contribution in [0.3, 0.4) is 0 Å². The molecule has 152 valence electrons. The monoisotopic (exact) mass is 420 g/mol. The molecule has 8 nitrogen and oxygen atoms in total. The van der Waals surface area contributed by atoms with Gasteiger partial charge in [-0.3, -0.25) is 9.36 Å². The lowest BCUT2D eigenvalue weighted by atomic mass is 10.3. The Bertz CT molecular complexity index is 852. The number of carbonyl (C=O) groups is 1. The second-order valence-corrected chi connectivity index (χ2v) is 7.23. The number of carbonyl (C=O) groups excluding carboxylic acids is 1. The van der Waals surface area contributed by atoms with E-state index in [1.807, 2.05) is 0 Å². The number of hydrogen-bond acceptors (Lipinski definition) is 5. The van der Waals surface area contributed by atoms with E-state index in [0.717, 1.165) is 12.1 Å². The smallest absolute Gasteiger partial charge is 0.417 e. The van der Waals surface area contributed by atoms with E-state index in [-0.39, 0.29) is 17.4 Å².